The molecule has 1 rings (SSSR count). The van der Waals surface area contributed by atoms with Crippen LogP contribution in [0.1, 0.15) is 25.8 Å². The summed E-state index contributed by atoms with van der Waals surface area (Å²) < 4.78 is 14.5. The normalized spacial score (nSPS) is 11.9. The molecule has 0 aliphatic rings. The first-order valence-electron chi connectivity index (χ1n) is 4.74. The Hall–Kier alpha value is -0.120. The van der Waals surface area contributed by atoms with Crippen LogP contribution in [0.25, 0.3) is 0 Å². The van der Waals surface area contributed by atoms with Crippen molar-refractivity contribution in [3.8, 4) is 0 Å². The van der Waals surface area contributed by atoms with E-state index in [9.17, 15) is 4.39 Å². The van der Waals surface area contributed by atoms with Crippen LogP contribution >= 0.6 is 27.5 Å². The summed E-state index contributed by atoms with van der Waals surface area (Å²) in [5, 5.41) is 0.137. The highest BCUT2D eigenvalue weighted by molar-refractivity contribution is 9.10. The molecular weight excluding hydrogens is 280 g/mol. The van der Waals surface area contributed by atoms with Gasteiger partial charge in [0, 0.05) is 4.47 Å². The number of nitrogens with two attached hydrogens (primary N) is 1. The Morgan fingerprint density at radius 3 is 2.60 bits per heavy atom. The predicted molar refractivity (Wildman–Crippen MR) is 65.8 cm³/mol. The highest BCUT2D eigenvalue weighted by Crippen LogP contribution is 2.35. The molecule has 2 N–H and O–H groups in total. The van der Waals surface area contributed by atoms with E-state index in [1.807, 2.05) is 13.8 Å². The average molecular weight is 295 g/mol. The molecule has 0 aromatic heterocycles. The largest absolute Gasteiger partial charge is 0.330 e. The minimum absolute atomic E-state index is 0.137. The first-order chi connectivity index (χ1) is 6.90. The zero-order chi connectivity index (χ0) is 11.6. The second-order valence-electron chi connectivity index (χ2n) is 4.15. The molecule has 84 valence electrons. The Morgan fingerprint density at radius 1 is 1.47 bits per heavy atom. The summed E-state index contributed by atoms with van der Waals surface area (Å²) in [6, 6.07) is 3.51. The molecule has 0 atom stereocenters. The highest BCUT2D eigenvalue weighted by atomic mass is 79.9. The fourth-order valence-corrected chi connectivity index (χ4v) is 2.02. The summed E-state index contributed by atoms with van der Waals surface area (Å²) in [5.41, 5.74) is 5.83. The van der Waals surface area contributed by atoms with Crippen molar-refractivity contribution in [2.75, 3.05) is 6.54 Å². The molecule has 0 heterocycles. The molecule has 15 heavy (non-hydrogen) atoms. The molecule has 0 bridgehead atoms. The zero-order valence-electron chi connectivity index (χ0n) is 8.78. The zero-order valence-corrected chi connectivity index (χ0v) is 11.1. The standard InChI is InChI=1S/C11H14BrClFN/c1-11(2,5-6-15)7-3-4-8(12)9(13)10(7)14/h3-4H,5-6,15H2,1-2H3. The smallest absolute Gasteiger partial charge is 0.146 e. The van der Waals surface area contributed by atoms with Gasteiger partial charge in [0.2, 0.25) is 0 Å². The molecule has 0 spiro atoms. The van der Waals surface area contributed by atoms with Gasteiger partial charge in [0.25, 0.3) is 0 Å². The van der Waals surface area contributed by atoms with Crippen LogP contribution in [-0.4, -0.2) is 6.54 Å². The van der Waals surface area contributed by atoms with Gasteiger partial charge < -0.3 is 5.73 Å². The molecule has 4 heteroatoms. The van der Waals surface area contributed by atoms with Crippen molar-refractivity contribution in [3.63, 3.8) is 0 Å². The van der Waals surface area contributed by atoms with Crippen LogP contribution in [0.5, 0.6) is 0 Å². The Labute approximate surface area is 103 Å². The van der Waals surface area contributed by atoms with Gasteiger partial charge in [0.1, 0.15) is 5.82 Å². The Balaban J connectivity index is 3.21. The fourth-order valence-electron chi connectivity index (χ4n) is 1.54. The number of halogens is 3. The molecule has 0 aliphatic heterocycles. The van der Waals surface area contributed by atoms with Crippen LogP contribution in [0.4, 0.5) is 4.39 Å². The van der Waals surface area contributed by atoms with Crippen molar-refractivity contribution in [1.82, 2.24) is 0 Å². The third-order valence-corrected chi connectivity index (χ3v) is 3.79. The van der Waals surface area contributed by atoms with Gasteiger partial charge in [-0.1, -0.05) is 31.5 Å². The fraction of sp³-hybridized carbons (Fsp3) is 0.455. The first-order valence-corrected chi connectivity index (χ1v) is 5.91. The van der Waals surface area contributed by atoms with Crippen molar-refractivity contribution in [3.05, 3.63) is 33.0 Å². The molecule has 0 saturated heterocycles. The average Bonchev–Trinajstić information content (AvgIpc) is 2.13. The van der Waals surface area contributed by atoms with E-state index < -0.39 is 0 Å². The molecule has 0 saturated carbocycles. The van der Waals surface area contributed by atoms with E-state index in [1.165, 1.54) is 0 Å². The van der Waals surface area contributed by atoms with E-state index in [0.29, 0.717) is 16.6 Å². The molecular formula is C11H14BrClFN. The van der Waals surface area contributed by atoms with Gasteiger partial charge in [-0.15, -0.1) is 0 Å². The molecule has 0 amide bonds. The molecule has 1 nitrogen and oxygen atoms in total. The molecule has 0 aliphatic carbocycles. The predicted octanol–water partition coefficient (Wildman–Crippen LogP) is 3.87. The maximum absolute atomic E-state index is 13.9. The maximum atomic E-state index is 13.9. The lowest BCUT2D eigenvalue weighted by atomic mass is 9.81. The van der Waals surface area contributed by atoms with Crippen LogP contribution < -0.4 is 5.73 Å². The van der Waals surface area contributed by atoms with Crippen LogP contribution in [0.2, 0.25) is 5.02 Å². The lowest BCUT2D eigenvalue weighted by Crippen LogP contribution is -2.23. The summed E-state index contributed by atoms with van der Waals surface area (Å²) in [6.07, 6.45) is 0.724. The quantitative estimate of drug-likeness (QED) is 0.842. The van der Waals surface area contributed by atoms with Crippen LogP contribution in [-0.2, 0) is 5.41 Å². The van der Waals surface area contributed by atoms with Crippen LogP contribution in [0.3, 0.4) is 0 Å². The van der Waals surface area contributed by atoms with E-state index in [-0.39, 0.29) is 16.3 Å². The summed E-state index contributed by atoms with van der Waals surface area (Å²) >= 11 is 9.03. The van der Waals surface area contributed by atoms with Gasteiger partial charge >= 0.3 is 0 Å². The SMILES string of the molecule is CC(C)(CCN)c1ccc(Br)c(Cl)c1F. The highest BCUT2D eigenvalue weighted by Gasteiger charge is 2.25. The lowest BCUT2D eigenvalue weighted by Gasteiger charge is -2.25. The number of hydrogen-bond donors (Lipinski definition) is 1. The van der Waals surface area contributed by atoms with Gasteiger partial charge in [-0.2, -0.15) is 0 Å². The Bertz CT molecular complexity index is 366. The molecule has 0 radical (unpaired) electrons. The topological polar surface area (TPSA) is 26.0 Å². The van der Waals surface area contributed by atoms with Crippen molar-refractivity contribution < 1.29 is 4.39 Å². The van der Waals surface area contributed by atoms with Crippen molar-refractivity contribution >= 4 is 27.5 Å². The molecule has 1 aromatic rings. The third kappa shape index (κ3) is 2.71. The van der Waals surface area contributed by atoms with E-state index in [1.54, 1.807) is 12.1 Å². The van der Waals surface area contributed by atoms with Crippen LogP contribution in [0.15, 0.2) is 16.6 Å². The molecule has 0 fully saturated rings. The van der Waals surface area contributed by atoms with Gasteiger partial charge in [-0.05, 0) is 45.9 Å². The van der Waals surface area contributed by atoms with Crippen molar-refractivity contribution in [2.24, 2.45) is 5.73 Å². The third-order valence-electron chi connectivity index (χ3n) is 2.53. The van der Waals surface area contributed by atoms with E-state index in [0.717, 1.165) is 6.42 Å². The van der Waals surface area contributed by atoms with Crippen LogP contribution in [0, 0.1) is 5.82 Å². The van der Waals surface area contributed by atoms with Crippen molar-refractivity contribution in [2.45, 2.75) is 25.7 Å². The minimum atomic E-state index is -0.357. The van der Waals surface area contributed by atoms with Gasteiger partial charge in [0.05, 0.1) is 5.02 Å². The maximum Gasteiger partial charge on any atom is 0.146 e. The monoisotopic (exact) mass is 293 g/mol. The summed E-state index contributed by atoms with van der Waals surface area (Å²) in [6.45, 7) is 4.45. The number of hydrogen-bond acceptors (Lipinski definition) is 1. The lowest BCUT2D eigenvalue weighted by molar-refractivity contribution is 0.456. The minimum Gasteiger partial charge on any atom is -0.330 e. The first kappa shape index (κ1) is 12.9. The number of rotatable bonds is 3. The second kappa shape index (κ2) is 4.81. The summed E-state index contributed by atoms with van der Waals surface area (Å²) in [7, 11) is 0. The summed E-state index contributed by atoms with van der Waals surface area (Å²) in [4.78, 5) is 0. The van der Waals surface area contributed by atoms with Gasteiger partial charge in [-0.25, -0.2) is 4.39 Å². The number of benzene rings is 1. The Morgan fingerprint density at radius 2 is 2.07 bits per heavy atom. The molecule has 0 unspecified atom stereocenters. The van der Waals surface area contributed by atoms with E-state index >= 15 is 0 Å². The van der Waals surface area contributed by atoms with Gasteiger partial charge in [0.15, 0.2) is 0 Å². The van der Waals surface area contributed by atoms with E-state index in [4.69, 9.17) is 17.3 Å². The van der Waals surface area contributed by atoms with Gasteiger partial charge in [-0.3, -0.25) is 0 Å². The van der Waals surface area contributed by atoms with Crippen molar-refractivity contribution in [1.29, 1.82) is 0 Å². The molecule has 1 aromatic carbocycles. The summed E-state index contributed by atoms with van der Waals surface area (Å²) in [5.74, 6) is -0.357. The Kier molecular flexibility index (Phi) is 4.15. The second-order valence-corrected chi connectivity index (χ2v) is 5.38. The van der Waals surface area contributed by atoms with E-state index in [2.05, 4.69) is 15.9 Å².